The van der Waals surface area contributed by atoms with E-state index in [1.54, 1.807) is 4.68 Å². The number of nitrogens with one attached hydrogen (secondary N) is 1. The summed E-state index contributed by atoms with van der Waals surface area (Å²) >= 11 is 1.53. The second-order valence-corrected chi connectivity index (χ2v) is 5.70. The monoisotopic (exact) mass is 263 g/mol. The molecule has 5 heteroatoms. The zero-order chi connectivity index (χ0) is 13.3. The van der Waals surface area contributed by atoms with Crippen molar-refractivity contribution in [2.24, 2.45) is 7.05 Å². The van der Waals surface area contributed by atoms with Gasteiger partial charge in [0.2, 0.25) is 0 Å². The number of hydrogen-bond donors (Lipinski definition) is 1. The van der Waals surface area contributed by atoms with Gasteiger partial charge in [-0.15, -0.1) is 11.3 Å². The van der Waals surface area contributed by atoms with Crippen LogP contribution in [0.3, 0.4) is 0 Å². The number of aromatic nitrogens is 2. The third kappa shape index (κ3) is 2.61. The molecule has 0 saturated carbocycles. The molecule has 0 radical (unpaired) electrons. The van der Waals surface area contributed by atoms with Crippen LogP contribution in [0.5, 0.6) is 0 Å². The molecule has 4 nitrogen and oxygen atoms in total. The highest BCUT2D eigenvalue weighted by Gasteiger charge is 2.11. The highest BCUT2D eigenvalue weighted by molar-refractivity contribution is 7.14. The summed E-state index contributed by atoms with van der Waals surface area (Å²) in [5.74, 6) is -0.0144. The normalized spacial score (nSPS) is 10.7. The van der Waals surface area contributed by atoms with Crippen molar-refractivity contribution in [3.8, 4) is 0 Å². The lowest BCUT2D eigenvalue weighted by Gasteiger charge is -2.01. The Morgan fingerprint density at radius 3 is 2.67 bits per heavy atom. The first kappa shape index (κ1) is 12.8. The van der Waals surface area contributed by atoms with Gasteiger partial charge in [0.25, 0.3) is 5.91 Å². The van der Waals surface area contributed by atoms with Gasteiger partial charge in [-0.3, -0.25) is 9.48 Å². The van der Waals surface area contributed by atoms with Crippen LogP contribution in [0.1, 0.15) is 31.4 Å². The molecule has 2 rings (SSSR count). The van der Waals surface area contributed by atoms with Crippen LogP contribution in [0.15, 0.2) is 12.3 Å². The van der Waals surface area contributed by atoms with E-state index in [-0.39, 0.29) is 5.91 Å². The number of amides is 1. The zero-order valence-electron chi connectivity index (χ0n) is 11.1. The summed E-state index contributed by atoms with van der Waals surface area (Å²) in [6.07, 6.45) is 1.93. The Morgan fingerprint density at radius 1 is 1.44 bits per heavy atom. The quantitative estimate of drug-likeness (QED) is 0.924. The fourth-order valence-corrected chi connectivity index (χ4v) is 2.72. The molecule has 0 bridgehead atoms. The van der Waals surface area contributed by atoms with Crippen molar-refractivity contribution in [2.75, 3.05) is 0 Å². The molecule has 0 saturated heterocycles. The Balaban J connectivity index is 2.02. The third-order valence-corrected chi connectivity index (χ3v) is 4.10. The van der Waals surface area contributed by atoms with Gasteiger partial charge in [0.15, 0.2) is 0 Å². The van der Waals surface area contributed by atoms with E-state index in [1.165, 1.54) is 21.8 Å². The van der Waals surface area contributed by atoms with Gasteiger partial charge in [0.05, 0.1) is 10.6 Å². The molecule has 0 aliphatic rings. The van der Waals surface area contributed by atoms with Gasteiger partial charge < -0.3 is 5.32 Å². The summed E-state index contributed by atoms with van der Waals surface area (Å²) in [7, 11) is 1.88. The first-order chi connectivity index (χ1) is 8.47. The maximum atomic E-state index is 12.0. The fraction of sp³-hybridized carbons (Fsp3) is 0.385. The molecule has 0 atom stereocenters. The molecule has 0 aliphatic heterocycles. The molecule has 18 heavy (non-hydrogen) atoms. The van der Waals surface area contributed by atoms with Crippen LogP contribution in [0.25, 0.3) is 0 Å². The summed E-state index contributed by atoms with van der Waals surface area (Å²) in [6, 6.07) is 1.94. The molecule has 1 amide bonds. The molecular formula is C13H17N3OS. The van der Waals surface area contributed by atoms with E-state index in [9.17, 15) is 4.79 Å². The molecular weight excluding hydrogens is 246 g/mol. The summed E-state index contributed by atoms with van der Waals surface area (Å²) in [5, 5.41) is 7.18. The lowest BCUT2D eigenvalue weighted by atomic mass is 10.2. The molecule has 0 unspecified atom stereocenters. The number of carbonyl (C=O) groups excluding carboxylic acids is 1. The van der Waals surface area contributed by atoms with E-state index < -0.39 is 0 Å². The van der Waals surface area contributed by atoms with Gasteiger partial charge in [-0.1, -0.05) is 0 Å². The SMILES string of the molecule is Cc1cc(C(=O)NCc2cn(C)nc2C)sc1C. The predicted molar refractivity (Wildman–Crippen MR) is 72.9 cm³/mol. The van der Waals surface area contributed by atoms with E-state index >= 15 is 0 Å². The van der Waals surface area contributed by atoms with Crippen LogP contribution >= 0.6 is 11.3 Å². The van der Waals surface area contributed by atoms with Gasteiger partial charge in [-0.25, -0.2) is 0 Å². The van der Waals surface area contributed by atoms with E-state index in [2.05, 4.69) is 10.4 Å². The van der Waals surface area contributed by atoms with E-state index in [1.807, 2.05) is 40.1 Å². The Morgan fingerprint density at radius 2 is 2.17 bits per heavy atom. The number of thiophene rings is 1. The van der Waals surface area contributed by atoms with Crippen LogP contribution in [0.4, 0.5) is 0 Å². The summed E-state index contributed by atoms with van der Waals surface area (Å²) in [5.41, 5.74) is 3.18. The maximum Gasteiger partial charge on any atom is 0.261 e. The van der Waals surface area contributed by atoms with Gasteiger partial charge >= 0.3 is 0 Å². The molecule has 0 fully saturated rings. The first-order valence-corrected chi connectivity index (χ1v) is 6.63. The number of aryl methyl sites for hydroxylation is 4. The Labute approximate surface area is 111 Å². The van der Waals surface area contributed by atoms with Crippen molar-refractivity contribution >= 4 is 17.2 Å². The van der Waals surface area contributed by atoms with E-state index in [4.69, 9.17) is 0 Å². The molecule has 0 aliphatic carbocycles. The molecule has 2 aromatic rings. The van der Waals surface area contributed by atoms with Crippen molar-refractivity contribution in [1.82, 2.24) is 15.1 Å². The van der Waals surface area contributed by atoms with Gasteiger partial charge in [0, 0.05) is 30.2 Å². The lowest BCUT2D eigenvalue weighted by molar-refractivity contribution is 0.0955. The largest absolute Gasteiger partial charge is 0.347 e. The fourth-order valence-electron chi connectivity index (χ4n) is 1.77. The van der Waals surface area contributed by atoms with Crippen LogP contribution < -0.4 is 5.32 Å². The molecule has 2 aromatic heterocycles. The minimum Gasteiger partial charge on any atom is -0.347 e. The second kappa shape index (κ2) is 4.94. The molecule has 0 spiro atoms. The van der Waals surface area contributed by atoms with E-state index in [0.29, 0.717) is 6.54 Å². The zero-order valence-corrected chi connectivity index (χ0v) is 11.9. The highest BCUT2D eigenvalue weighted by Crippen LogP contribution is 2.20. The van der Waals surface area contributed by atoms with Crippen LogP contribution in [0, 0.1) is 20.8 Å². The minimum atomic E-state index is -0.0144. The summed E-state index contributed by atoms with van der Waals surface area (Å²) in [6.45, 7) is 6.52. The average molecular weight is 263 g/mol. The number of carbonyl (C=O) groups is 1. The van der Waals surface area contributed by atoms with Crippen molar-refractivity contribution in [1.29, 1.82) is 0 Å². The smallest absolute Gasteiger partial charge is 0.261 e. The Hall–Kier alpha value is -1.62. The van der Waals surface area contributed by atoms with Gasteiger partial charge in [-0.2, -0.15) is 5.10 Å². The molecule has 96 valence electrons. The Bertz CT molecular complexity index is 564. The van der Waals surface area contributed by atoms with E-state index in [0.717, 1.165) is 16.1 Å². The van der Waals surface area contributed by atoms with Crippen LogP contribution in [-0.4, -0.2) is 15.7 Å². The third-order valence-electron chi connectivity index (χ3n) is 2.94. The van der Waals surface area contributed by atoms with Gasteiger partial charge in [0.1, 0.15) is 0 Å². The Kier molecular flexibility index (Phi) is 3.52. The summed E-state index contributed by atoms with van der Waals surface area (Å²) in [4.78, 5) is 13.9. The topological polar surface area (TPSA) is 46.9 Å². The summed E-state index contributed by atoms with van der Waals surface area (Å²) < 4.78 is 1.76. The van der Waals surface area contributed by atoms with Crippen molar-refractivity contribution in [3.05, 3.63) is 38.8 Å². The number of nitrogens with zero attached hydrogens (tertiary/aromatic N) is 2. The van der Waals surface area contributed by atoms with Crippen molar-refractivity contribution < 1.29 is 4.79 Å². The predicted octanol–water partition coefficient (Wildman–Crippen LogP) is 2.34. The lowest BCUT2D eigenvalue weighted by Crippen LogP contribution is -2.21. The van der Waals surface area contributed by atoms with Crippen LogP contribution in [0.2, 0.25) is 0 Å². The number of hydrogen-bond acceptors (Lipinski definition) is 3. The average Bonchev–Trinajstić information content (AvgIpc) is 2.79. The molecule has 0 aromatic carbocycles. The highest BCUT2D eigenvalue weighted by atomic mass is 32.1. The van der Waals surface area contributed by atoms with Crippen molar-refractivity contribution in [2.45, 2.75) is 27.3 Å². The molecule has 1 N–H and O–H groups in total. The number of rotatable bonds is 3. The molecule has 2 heterocycles. The first-order valence-electron chi connectivity index (χ1n) is 5.81. The second-order valence-electron chi connectivity index (χ2n) is 4.45. The minimum absolute atomic E-state index is 0.0144. The van der Waals surface area contributed by atoms with Gasteiger partial charge in [-0.05, 0) is 32.4 Å². The standard InChI is InChI=1S/C13H17N3OS/c1-8-5-12(18-10(8)3)13(17)14-6-11-7-16(4)15-9(11)2/h5,7H,6H2,1-4H3,(H,14,17). The van der Waals surface area contributed by atoms with Crippen LogP contribution in [-0.2, 0) is 13.6 Å². The maximum absolute atomic E-state index is 12.0. The van der Waals surface area contributed by atoms with Crippen molar-refractivity contribution in [3.63, 3.8) is 0 Å².